The normalized spacial score (nSPS) is 11.7. The number of amides is 1. The number of nitrogens with one attached hydrogen (secondary N) is 1. The number of ketones is 1. The first kappa shape index (κ1) is 20.4. The summed E-state index contributed by atoms with van der Waals surface area (Å²) in [6.45, 7) is 0.262. The quantitative estimate of drug-likeness (QED) is 0.711. The van der Waals surface area contributed by atoms with Crippen molar-refractivity contribution in [3.8, 4) is 11.5 Å². The number of anilines is 1. The van der Waals surface area contributed by atoms with Crippen molar-refractivity contribution in [1.29, 1.82) is 0 Å². The van der Waals surface area contributed by atoms with E-state index in [1.165, 1.54) is 24.3 Å². The highest BCUT2D eigenvalue weighted by Gasteiger charge is 2.15. The first-order chi connectivity index (χ1) is 12.8. The molecule has 1 N–H and O–H groups in total. The van der Waals surface area contributed by atoms with Crippen molar-refractivity contribution in [2.24, 2.45) is 0 Å². The van der Waals surface area contributed by atoms with Crippen LogP contribution in [0.1, 0.15) is 25.8 Å². The number of carbonyl (C=O) groups is 2. The zero-order valence-electron chi connectivity index (χ0n) is 15.1. The summed E-state index contributed by atoms with van der Waals surface area (Å²) in [6.07, 6.45) is 0.391. The van der Waals surface area contributed by atoms with Gasteiger partial charge in [-0.15, -0.1) is 0 Å². The standard InChI is InChI=1S/C20H21F2NO4/c1-13(24)3-4-15-5-9-17(10-6-15)26-14(2)19(25)23-16-7-11-18(12-8-16)27-20(21)22/h5-12,14,20H,3-4H2,1-2H3,(H,23,25). The van der Waals surface area contributed by atoms with Crippen LogP contribution in [0.3, 0.4) is 0 Å². The molecule has 0 aliphatic heterocycles. The zero-order chi connectivity index (χ0) is 19.8. The van der Waals surface area contributed by atoms with Gasteiger partial charge in [0.05, 0.1) is 0 Å². The average Bonchev–Trinajstić information content (AvgIpc) is 2.62. The lowest BCUT2D eigenvalue weighted by atomic mass is 10.1. The molecule has 0 spiro atoms. The predicted molar refractivity (Wildman–Crippen MR) is 97.2 cm³/mol. The fourth-order valence-electron chi connectivity index (χ4n) is 2.28. The largest absolute Gasteiger partial charge is 0.481 e. The number of Topliss-reactive ketones (excluding diaryl/α,β-unsaturated/α-hetero) is 1. The fourth-order valence-corrected chi connectivity index (χ4v) is 2.28. The number of halogens is 2. The number of benzene rings is 2. The first-order valence-corrected chi connectivity index (χ1v) is 8.44. The summed E-state index contributed by atoms with van der Waals surface area (Å²) in [6, 6.07) is 12.8. The van der Waals surface area contributed by atoms with Crippen LogP contribution in [0.5, 0.6) is 11.5 Å². The molecule has 27 heavy (non-hydrogen) atoms. The Balaban J connectivity index is 1.86. The molecule has 1 unspecified atom stereocenters. The minimum absolute atomic E-state index is 0.0113. The Bertz CT molecular complexity index is 761. The molecule has 0 saturated heterocycles. The van der Waals surface area contributed by atoms with Gasteiger partial charge in [-0.25, -0.2) is 0 Å². The Morgan fingerprint density at radius 1 is 0.963 bits per heavy atom. The zero-order valence-corrected chi connectivity index (χ0v) is 15.1. The molecule has 5 nitrogen and oxygen atoms in total. The lowest BCUT2D eigenvalue weighted by Gasteiger charge is -2.15. The third kappa shape index (κ3) is 7.05. The second kappa shape index (κ2) is 9.66. The van der Waals surface area contributed by atoms with E-state index in [-0.39, 0.29) is 17.4 Å². The Hall–Kier alpha value is -2.96. The number of aryl methyl sites for hydroxylation is 1. The van der Waals surface area contributed by atoms with Gasteiger partial charge < -0.3 is 19.6 Å². The molecule has 0 aliphatic carbocycles. The fraction of sp³-hybridized carbons (Fsp3) is 0.300. The van der Waals surface area contributed by atoms with E-state index in [4.69, 9.17) is 4.74 Å². The summed E-state index contributed by atoms with van der Waals surface area (Å²) in [7, 11) is 0. The molecule has 7 heteroatoms. The minimum atomic E-state index is -2.90. The van der Waals surface area contributed by atoms with Gasteiger partial charge in [0.2, 0.25) is 0 Å². The number of alkyl halides is 2. The van der Waals surface area contributed by atoms with Gasteiger partial charge in [0.25, 0.3) is 5.91 Å². The molecule has 0 heterocycles. The minimum Gasteiger partial charge on any atom is -0.481 e. The van der Waals surface area contributed by atoms with E-state index < -0.39 is 12.7 Å². The molecule has 0 aromatic heterocycles. The second-order valence-electron chi connectivity index (χ2n) is 6.00. The number of hydrogen-bond acceptors (Lipinski definition) is 4. The maximum Gasteiger partial charge on any atom is 0.387 e. The second-order valence-corrected chi connectivity index (χ2v) is 6.00. The predicted octanol–water partition coefficient (Wildman–Crippen LogP) is 4.22. The average molecular weight is 377 g/mol. The summed E-state index contributed by atoms with van der Waals surface area (Å²) in [5.74, 6) is 0.301. The van der Waals surface area contributed by atoms with Gasteiger partial charge >= 0.3 is 6.61 Å². The van der Waals surface area contributed by atoms with Crippen molar-refractivity contribution in [1.82, 2.24) is 0 Å². The van der Waals surface area contributed by atoms with Crippen LogP contribution in [-0.2, 0) is 16.0 Å². The van der Waals surface area contributed by atoms with Crippen molar-refractivity contribution in [2.75, 3.05) is 5.32 Å². The van der Waals surface area contributed by atoms with Gasteiger partial charge in [0.1, 0.15) is 17.3 Å². The van der Waals surface area contributed by atoms with Crippen LogP contribution >= 0.6 is 0 Å². The number of rotatable bonds is 9. The van der Waals surface area contributed by atoms with E-state index >= 15 is 0 Å². The lowest BCUT2D eigenvalue weighted by Crippen LogP contribution is -2.30. The van der Waals surface area contributed by atoms with Crippen LogP contribution in [0, 0.1) is 0 Å². The molecule has 2 rings (SSSR count). The molecular formula is C20H21F2NO4. The maximum atomic E-state index is 12.2. The van der Waals surface area contributed by atoms with E-state index in [0.29, 0.717) is 24.3 Å². The summed E-state index contributed by atoms with van der Waals surface area (Å²) >= 11 is 0. The van der Waals surface area contributed by atoms with Crippen LogP contribution in [0.2, 0.25) is 0 Å². The van der Waals surface area contributed by atoms with Crippen LogP contribution in [-0.4, -0.2) is 24.4 Å². The Morgan fingerprint density at radius 3 is 2.07 bits per heavy atom. The lowest BCUT2D eigenvalue weighted by molar-refractivity contribution is -0.122. The number of hydrogen-bond donors (Lipinski definition) is 1. The highest BCUT2D eigenvalue weighted by atomic mass is 19.3. The SMILES string of the molecule is CC(=O)CCc1ccc(OC(C)C(=O)Nc2ccc(OC(F)F)cc2)cc1. The monoisotopic (exact) mass is 377 g/mol. The van der Waals surface area contributed by atoms with Crippen LogP contribution < -0.4 is 14.8 Å². The molecule has 0 aliphatic rings. The van der Waals surface area contributed by atoms with E-state index in [2.05, 4.69) is 10.1 Å². The molecule has 144 valence electrons. The van der Waals surface area contributed by atoms with Crippen molar-refractivity contribution in [3.05, 3.63) is 54.1 Å². The van der Waals surface area contributed by atoms with Gasteiger partial charge in [-0.05, 0) is 62.2 Å². The van der Waals surface area contributed by atoms with E-state index in [1.807, 2.05) is 12.1 Å². The topological polar surface area (TPSA) is 64.6 Å². The number of carbonyl (C=O) groups excluding carboxylic acids is 2. The molecule has 2 aromatic carbocycles. The van der Waals surface area contributed by atoms with E-state index in [1.54, 1.807) is 26.0 Å². The molecule has 0 bridgehead atoms. The Labute approximate surface area is 156 Å². The maximum absolute atomic E-state index is 12.2. The van der Waals surface area contributed by atoms with Crippen molar-refractivity contribution < 1.29 is 27.8 Å². The summed E-state index contributed by atoms with van der Waals surface area (Å²) < 4.78 is 34.1. The van der Waals surface area contributed by atoms with Crippen molar-refractivity contribution in [3.63, 3.8) is 0 Å². The van der Waals surface area contributed by atoms with Crippen molar-refractivity contribution in [2.45, 2.75) is 39.4 Å². The van der Waals surface area contributed by atoms with Crippen LogP contribution in [0.15, 0.2) is 48.5 Å². The van der Waals surface area contributed by atoms with Crippen LogP contribution in [0.25, 0.3) is 0 Å². The smallest absolute Gasteiger partial charge is 0.387 e. The molecule has 1 atom stereocenters. The van der Waals surface area contributed by atoms with Gasteiger partial charge in [-0.3, -0.25) is 4.79 Å². The molecular weight excluding hydrogens is 356 g/mol. The Morgan fingerprint density at radius 2 is 1.52 bits per heavy atom. The van der Waals surface area contributed by atoms with E-state index in [9.17, 15) is 18.4 Å². The van der Waals surface area contributed by atoms with Gasteiger partial charge in [-0.2, -0.15) is 8.78 Å². The third-order valence-corrected chi connectivity index (χ3v) is 3.72. The van der Waals surface area contributed by atoms with Gasteiger partial charge in [0, 0.05) is 12.1 Å². The number of ether oxygens (including phenoxy) is 2. The highest BCUT2D eigenvalue weighted by Crippen LogP contribution is 2.19. The van der Waals surface area contributed by atoms with Gasteiger partial charge in [-0.1, -0.05) is 12.1 Å². The Kier molecular flexibility index (Phi) is 7.28. The van der Waals surface area contributed by atoms with Crippen LogP contribution in [0.4, 0.5) is 14.5 Å². The molecule has 1 amide bonds. The van der Waals surface area contributed by atoms with E-state index in [0.717, 1.165) is 5.56 Å². The highest BCUT2D eigenvalue weighted by molar-refractivity contribution is 5.94. The van der Waals surface area contributed by atoms with Gasteiger partial charge in [0.15, 0.2) is 6.10 Å². The summed E-state index contributed by atoms with van der Waals surface area (Å²) in [4.78, 5) is 23.2. The molecule has 0 fully saturated rings. The summed E-state index contributed by atoms with van der Waals surface area (Å²) in [5.41, 5.74) is 1.46. The third-order valence-electron chi connectivity index (χ3n) is 3.72. The van der Waals surface area contributed by atoms with Crippen molar-refractivity contribution >= 4 is 17.4 Å². The molecule has 2 aromatic rings. The first-order valence-electron chi connectivity index (χ1n) is 8.44. The molecule has 0 radical (unpaired) electrons. The molecule has 0 saturated carbocycles. The summed E-state index contributed by atoms with van der Waals surface area (Å²) in [5, 5.41) is 2.64.